The van der Waals surface area contributed by atoms with Crippen LogP contribution in [0, 0.1) is 3.57 Å². The molecule has 1 aromatic heterocycles. The lowest BCUT2D eigenvalue weighted by Gasteiger charge is -2.01. The minimum atomic E-state index is 0.592. The van der Waals surface area contributed by atoms with Crippen molar-refractivity contribution in [2.75, 3.05) is 0 Å². The number of nitrogens with zero attached hydrogens (tertiary/aromatic N) is 2. The quantitative estimate of drug-likeness (QED) is 0.514. The molecule has 0 N–H and O–H groups in total. The van der Waals surface area contributed by atoms with Crippen molar-refractivity contribution in [3.63, 3.8) is 0 Å². The van der Waals surface area contributed by atoms with Crippen molar-refractivity contribution in [3.05, 3.63) is 69.9 Å². The lowest BCUT2D eigenvalue weighted by Crippen LogP contribution is -1.94. The smallest absolute Gasteiger partial charge is 0.153 e. The Morgan fingerprint density at radius 3 is 2.35 bits per heavy atom. The predicted octanol–water partition coefficient (Wildman–Crippen LogP) is 3.96. The molecule has 3 aromatic rings. The summed E-state index contributed by atoms with van der Waals surface area (Å²) >= 11 is 2.26. The van der Waals surface area contributed by atoms with Crippen LogP contribution in [0.25, 0.3) is 16.9 Å². The fraction of sp³-hybridized carbons (Fsp3) is 0. The number of benzene rings is 2. The highest BCUT2D eigenvalue weighted by atomic mass is 127. The molecule has 98 valence electrons. The number of hydrogen-bond acceptors (Lipinski definition) is 2. The van der Waals surface area contributed by atoms with Gasteiger partial charge in [-0.05, 0) is 46.9 Å². The normalized spacial score (nSPS) is 10.4. The predicted molar refractivity (Wildman–Crippen MR) is 87.1 cm³/mol. The molecular weight excluding hydrogens is 363 g/mol. The average Bonchev–Trinajstić information content (AvgIpc) is 2.93. The van der Waals surface area contributed by atoms with E-state index in [-0.39, 0.29) is 0 Å². The van der Waals surface area contributed by atoms with E-state index in [4.69, 9.17) is 0 Å². The fourth-order valence-electron chi connectivity index (χ4n) is 2.02. The zero-order valence-corrected chi connectivity index (χ0v) is 12.7. The van der Waals surface area contributed by atoms with Crippen LogP contribution in [0.4, 0.5) is 0 Å². The molecule has 0 radical (unpaired) electrons. The zero-order chi connectivity index (χ0) is 13.9. The van der Waals surface area contributed by atoms with E-state index in [1.54, 1.807) is 10.9 Å². The van der Waals surface area contributed by atoms with Crippen LogP contribution in [0.15, 0.2) is 60.8 Å². The van der Waals surface area contributed by atoms with Gasteiger partial charge in [0.1, 0.15) is 5.69 Å². The highest BCUT2D eigenvalue weighted by Crippen LogP contribution is 2.22. The van der Waals surface area contributed by atoms with E-state index >= 15 is 0 Å². The van der Waals surface area contributed by atoms with Gasteiger partial charge < -0.3 is 0 Å². The van der Waals surface area contributed by atoms with Crippen LogP contribution in [-0.2, 0) is 0 Å². The first-order chi connectivity index (χ1) is 9.78. The van der Waals surface area contributed by atoms with Crippen LogP contribution in [-0.4, -0.2) is 16.1 Å². The van der Waals surface area contributed by atoms with Crippen LogP contribution < -0.4 is 0 Å². The largest absolute Gasteiger partial charge is 0.298 e. The van der Waals surface area contributed by atoms with E-state index in [1.165, 1.54) is 0 Å². The van der Waals surface area contributed by atoms with Gasteiger partial charge in [0, 0.05) is 15.3 Å². The number of carbonyl (C=O) groups excluding carboxylic acids is 1. The molecule has 20 heavy (non-hydrogen) atoms. The van der Waals surface area contributed by atoms with E-state index in [2.05, 4.69) is 27.7 Å². The third-order valence-corrected chi connectivity index (χ3v) is 3.73. The Morgan fingerprint density at radius 1 is 1.00 bits per heavy atom. The van der Waals surface area contributed by atoms with Crippen LogP contribution in [0.2, 0.25) is 0 Å². The third kappa shape index (κ3) is 2.51. The summed E-state index contributed by atoms with van der Waals surface area (Å²) in [6, 6.07) is 17.7. The van der Waals surface area contributed by atoms with Crippen LogP contribution >= 0.6 is 22.6 Å². The number of rotatable bonds is 3. The van der Waals surface area contributed by atoms with Crippen molar-refractivity contribution in [2.24, 2.45) is 0 Å². The Labute approximate surface area is 130 Å². The first-order valence-electron chi connectivity index (χ1n) is 6.14. The van der Waals surface area contributed by atoms with Crippen LogP contribution in [0.1, 0.15) is 10.4 Å². The number of aromatic nitrogens is 2. The fourth-order valence-corrected chi connectivity index (χ4v) is 2.38. The van der Waals surface area contributed by atoms with Gasteiger partial charge in [0.2, 0.25) is 0 Å². The molecule has 0 aliphatic carbocycles. The summed E-state index contributed by atoms with van der Waals surface area (Å²) in [7, 11) is 0. The SMILES string of the molecule is O=Cc1cn(-c2ccc(I)cc2)nc1-c1ccccc1. The molecule has 3 rings (SSSR count). The molecule has 0 fully saturated rings. The van der Waals surface area contributed by atoms with Crippen LogP contribution in [0.3, 0.4) is 0 Å². The van der Waals surface area contributed by atoms with Crippen molar-refractivity contribution >= 4 is 28.9 Å². The summed E-state index contributed by atoms with van der Waals surface area (Å²) < 4.78 is 2.90. The first-order valence-corrected chi connectivity index (χ1v) is 7.22. The molecule has 1 heterocycles. The summed E-state index contributed by atoms with van der Waals surface area (Å²) in [5.74, 6) is 0. The lowest BCUT2D eigenvalue weighted by atomic mass is 10.1. The molecule has 0 atom stereocenters. The monoisotopic (exact) mass is 374 g/mol. The van der Waals surface area contributed by atoms with Gasteiger partial charge in [0.25, 0.3) is 0 Å². The van der Waals surface area contributed by atoms with Crippen molar-refractivity contribution in [3.8, 4) is 16.9 Å². The van der Waals surface area contributed by atoms with Crippen molar-refractivity contribution in [1.82, 2.24) is 9.78 Å². The second-order valence-corrected chi connectivity index (χ2v) is 5.58. The molecule has 0 unspecified atom stereocenters. The Morgan fingerprint density at radius 2 is 1.70 bits per heavy atom. The number of aldehydes is 1. The summed E-state index contributed by atoms with van der Waals surface area (Å²) in [4.78, 5) is 11.2. The lowest BCUT2D eigenvalue weighted by molar-refractivity contribution is 0.112. The van der Waals surface area contributed by atoms with E-state index in [0.29, 0.717) is 11.3 Å². The van der Waals surface area contributed by atoms with E-state index in [1.807, 2.05) is 54.6 Å². The van der Waals surface area contributed by atoms with E-state index in [0.717, 1.165) is 21.1 Å². The molecule has 4 heteroatoms. The van der Waals surface area contributed by atoms with Crippen molar-refractivity contribution < 1.29 is 4.79 Å². The van der Waals surface area contributed by atoms with Gasteiger partial charge in [-0.3, -0.25) is 4.79 Å². The maximum atomic E-state index is 11.2. The second-order valence-electron chi connectivity index (χ2n) is 4.34. The summed E-state index contributed by atoms with van der Waals surface area (Å²) in [6.45, 7) is 0. The Bertz CT molecular complexity index is 733. The summed E-state index contributed by atoms with van der Waals surface area (Å²) in [5, 5.41) is 4.53. The van der Waals surface area contributed by atoms with Gasteiger partial charge in [-0.1, -0.05) is 30.3 Å². The minimum absolute atomic E-state index is 0.592. The second kappa shape index (κ2) is 5.58. The molecule has 0 saturated carbocycles. The van der Waals surface area contributed by atoms with Crippen molar-refractivity contribution in [2.45, 2.75) is 0 Å². The molecule has 0 saturated heterocycles. The standard InChI is InChI=1S/C16H11IN2O/c17-14-6-8-15(9-7-14)19-10-13(11-20)16(18-19)12-4-2-1-3-5-12/h1-11H. The molecular formula is C16H11IN2O. The van der Waals surface area contributed by atoms with Gasteiger partial charge in [0.15, 0.2) is 6.29 Å². The Hall–Kier alpha value is -1.95. The highest BCUT2D eigenvalue weighted by molar-refractivity contribution is 14.1. The van der Waals surface area contributed by atoms with Gasteiger partial charge >= 0.3 is 0 Å². The highest BCUT2D eigenvalue weighted by Gasteiger charge is 2.11. The number of hydrogen-bond donors (Lipinski definition) is 0. The van der Waals surface area contributed by atoms with Gasteiger partial charge in [0.05, 0.1) is 11.3 Å². The molecule has 0 amide bonds. The maximum Gasteiger partial charge on any atom is 0.153 e. The average molecular weight is 374 g/mol. The zero-order valence-electron chi connectivity index (χ0n) is 10.5. The van der Waals surface area contributed by atoms with E-state index < -0.39 is 0 Å². The molecule has 3 nitrogen and oxygen atoms in total. The molecule has 0 aliphatic rings. The third-order valence-electron chi connectivity index (χ3n) is 3.01. The van der Waals surface area contributed by atoms with Crippen molar-refractivity contribution in [1.29, 1.82) is 0 Å². The summed E-state index contributed by atoms with van der Waals surface area (Å²) in [5.41, 5.74) is 3.18. The van der Waals surface area contributed by atoms with Gasteiger partial charge in [-0.15, -0.1) is 0 Å². The topological polar surface area (TPSA) is 34.9 Å². The van der Waals surface area contributed by atoms with E-state index in [9.17, 15) is 4.79 Å². The van der Waals surface area contributed by atoms with Gasteiger partial charge in [-0.2, -0.15) is 5.10 Å². The minimum Gasteiger partial charge on any atom is -0.298 e. The Kier molecular flexibility index (Phi) is 3.64. The molecule has 2 aromatic carbocycles. The first kappa shape index (κ1) is 13.1. The number of carbonyl (C=O) groups is 1. The molecule has 0 spiro atoms. The molecule has 0 bridgehead atoms. The van der Waals surface area contributed by atoms with Crippen LogP contribution in [0.5, 0.6) is 0 Å². The molecule has 0 aliphatic heterocycles. The number of halogens is 1. The Balaban J connectivity index is 2.09. The maximum absolute atomic E-state index is 11.2. The van der Waals surface area contributed by atoms with Gasteiger partial charge in [-0.25, -0.2) is 4.68 Å². The summed E-state index contributed by atoms with van der Waals surface area (Å²) in [6.07, 6.45) is 2.61.